The Balaban J connectivity index is 1.93. The van der Waals surface area contributed by atoms with E-state index in [2.05, 4.69) is 15.4 Å². The van der Waals surface area contributed by atoms with Crippen molar-refractivity contribution in [1.82, 2.24) is 10.2 Å². The average Bonchev–Trinajstić information content (AvgIpc) is 2.78. The van der Waals surface area contributed by atoms with E-state index in [0.717, 1.165) is 5.56 Å². The third kappa shape index (κ3) is 9.51. The predicted octanol–water partition coefficient (Wildman–Crippen LogP) is 2.56. The Kier molecular flexibility index (Phi) is 10.0. The minimum absolute atomic E-state index is 0.0391. The first kappa shape index (κ1) is 25.5. The van der Waals surface area contributed by atoms with Crippen molar-refractivity contribution in [3.05, 3.63) is 65.5 Å². The smallest absolute Gasteiger partial charge is 0.305 e. The van der Waals surface area contributed by atoms with Crippen LogP contribution in [0.5, 0.6) is 0 Å². The second-order valence-electron chi connectivity index (χ2n) is 7.50. The zero-order chi connectivity index (χ0) is 24.2. The third-order valence-electron chi connectivity index (χ3n) is 4.72. The molecule has 0 radical (unpaired) electrons. The standard InChI is InChI=1S/C24H28FN3O5/c1-17-5-3-6-20(13-17)27-21(29)14-26-22(30)16-28(15-18-9-11-19(25)12-10-18)23(31)7-4-8-24(32)33-2/h3,5-6,9-13H,4,7-8,14-16H2,1-2H3,(H,26,30)(H,27,29). The molecule has 0 aliphatic rings. The molecule has 2 N–H and O–H groups in total. The second-order valence-corrected chi connectivity index (χ2v) is 7.50. The number of nitrogens with one attached hydrogen (secondary N) is 2. The van der Waals surface area contributed by atoms with Gasteiger partial charge in [-0.3, -0.25) is 19.2 Å². The van der Waals surface area contributed by atoms with Crippen LogP contribution in [0.3, 0.4) is 0 Å². The largest absolute Gasteiger partial charge is 0.469 e. The lowest BCUT2D eigenvalue weighted by Gasteiger charge is -2.22. The summed E-state index contributed by atoms with van der Waals surface area (Å²) >= 11 is 0. The number of rotatable bonds is 11. The fraction of sp³-hybridized carbons (Fsp3) is 0.333. The molecule has 3 amide bonds. The van der Waals surface area contributed by atoms with Gasteiger partial charge in [-0.25, -0.2) is 4.39 Å². The van der Waals surface area contributed by atoms with Crippen molar-refractivity contribution >= 4 is 29.4 Å². The van der Waals surface area contributed by atoms with Crippen LogP contribution in [0, 0.1) is 12.7 Å². The molecule has 0 aliphatic carbocycles. The fourth-order valence-corrected chi connectivity index (χ4v) is 3.02. The lowest BCUT2D eigenvalue weighted by atomic mass is 10.1. The van der Waals surface area contributed by atoms with E-state index in [0.29, 0.717) is 11.3 Å². The normalized spacial score (nSPS) is 10.3. The van der Waals surface area contributed by atoms with Gasteiger partial charge in [-0.05, 0) is 48.7 Å². The molecule has 0 bridgehead atoms. The maximum Gasteiger partial charge on any atom is 0.305 e. The summed E-state index contributed by atoms with van der Waals surface area (Å²) in [6, 6.07) is 12.8. The van der Waals surface area contributed by atoms with E-state index in [1.165, 1.54) is 36.3 Å². The van der Waals surface area contributed by atoms with E-state index in [9.17, 15) is 23.6 Å². The second kappa shape index (κ2) is 12.9. The number of benzene rings is 2. The molecule has 33 heavy (non-hydrogen) atoms. The highest BCUT2D eigenvalue weighted by Gasteiger charge is 2.19. The highest BCUT2D eigenvalue weighted by atomic mass is 19.1. The molecule has 0 heterocycles. The van der Waals surface area contributed by atoms with Gasteiger partial charge in [0.1, 0.15) is 5.82 Å². The summed E-state index contributed by atoms with van der Waals surface area (Å²) in [5.41, 5.74) is 2.25. The van der Waals surface area contributed by atoms with Gasteiger partial charge in [0.05, 0.1) is 20.2 Å². The van der Waals surface area contributed by atoms with Gasteiger partial charge in [-0.2, -0.15) is 0 Å². The average molecular weight is 458 g/mol. The van der Waals surface area contributed by atoms with E-state index in [4.69, 9.17) is 0 Å². The molecule has 0 atom stereocenters. The SMILES string of the molecule is COC(=O)CCCC(=O)N(CC(=O)NCC(=O)Nc1cccc(C)c1)Cc1ccc(F)cc1. The minimum Gasteiger partial charge on any atom is -0.469 e. The van der Waals surface area contributed by atoms with Gasteiger partial charge in [0.2, 0.25) is 17.7 Å². The Hall–Kier alpha value is -3.75. The summed E-state index contributed by atoms with van der Waals surface area (Å²) in [5, 5.41) is 5.19. The highest BCUT2D eigenvalue weighted by molar-refractivity contribution is 5.95. The van der Waals surface area contributed by atoms with Gasteiger partial charge in [-0.1, -0.05) is 24.3 Å². The van der Waals surface area contributed by atoms with Crippen molar-refractivity contribution in [3.63, 3.8) is 0 Å². The summed E-state index contributed by atoms with van der Waals surface area (Å²) < 4.78 is 17.8. The highest BCUT2D eigenvalue weighted by Crippen LogP contribution is 2.11. The van der Waals surface area contributed by atoms with Crippen LogP contribution in [0.4, 0.5) is 10.1 Å². The van der Waals surface area contributed by atoms with E-state index in [-0.39, 0.29) is 44.8 Å². The number of halogens is 1. The topological polar surface area (TPSA) is 105 Å². The molecular formula is C24H28FN3O5. The zero-order valence-electron chi connectivity index (χ0n) is 18.7. The minimum atomic E-state index is -0.516. The molecule has 0 saturated carbocycles. The van der Waals surface area contributed by atoms with Crippen LogP contribution in [0.15, 0.2) is 48.5 Å². The molecule has 2 rings (SSSR count). The Morgan fingerprint density at radius 1 is 1.00 bits per heavy atom. The number of hydrogen-bond acceptors (Lipinski definition) is 5. The number of hydrogen-bond donors (Lipinski definition) is 2. The number of methoxy groups -OCH3 is 1. The first-order valence-corrected chi connectivity index (χ1v) is 10.5. The lowest BCUT2D eigenvalue weighted by molar-refractivity contribution is -0.141. The molecule has 9 heteroatoms. The van der Waals surface area contributed by atoms with Crippen molar-refractivity contribution in [2.45, 2.75) is 32.7 Å². The Morgan fingerprint density at radius 2 is 1.73 bits per heavy atom. The van der Waals surface area contributed by atoms with Crippen molar-refractivity contribution in [2.75, 3.05) is 25.5 Å². The first-order chi connectivity index (χ1) is 15.8. The monoisotopic (exact) mass is 457 g/mol. The van der Waals surface area contributed by atoms with Crippen LogP contribution in [-0.4, -0.2) is 48.8 Å². The summed E-state index contributed by atoms with van der Waals surface area (Å²) in [6.07, 6.45) is 0.390. The van der Waals surface area contributed by atoms with Gasteiger partial charge in [-0.15, -0.1) is 0 Å². The molecular weight excluding hydrogens is 429 g/mol. The van der Waals surface area contributed by atoms with E-state index in [1.807, 2.05) is 19.1 Å². The predicted molar refractivity (Wildman–Crippen MR) is 121 cm³/mol. The molecule has 2 aromatic carbocycles. The van der Waals surface area contributed by atoms with E-state index < -0.39 is 23.6 Å². The number of nitrogens with zero attached hydrogens (tertiary/aromatic N) is 1. The quantitative estimate of drug-likeness (QED) is 0.505. The number of carbonyl (C=O) groups excluding carboxylic acids is 4. The van der Waals surface area contributed by atoms with Crippen LogP contribution in [0.2, 0.25) is 0 Å². The van der Waals surface area contributed by atoms with Gasteiger partial charge >= 0.3 is 5.97 Å². The number of carbonyl (C=O) groups is 4. The van der Waals surface area contributed by atoms with E-state index >= 15 is 0 Å². The third-order valence-corrected chi connectivity index (χ3v) is 4.72. The molecule has 0 aliphatic heterocycles. The Morgan fingerprint density at radius 3 is 2.39 bits per heavy atom. The maximum atomic E-state index is 13.2. The molecule has 2 aromatic rings. The number of ether oxygens (including phenoxy) is 1. The van der Waals surface area contributed by atoms with Gasteiger partial charge in [0.15, 0.2) is 0 Å². The number of amides is 3. The number of esters is 1. The van der Waals surface area contributed by atoms with Crippen LogP contribution in [0.25, 0.3) is 0 Å². The van der Waals surface area contributed by atoms with E-state index in [1.54, 1.807) is 12.1 Å². The van der Waals surface area contributed by atoms with Gasteiger partial charge < -0.3 is 20.3 Å². The molecule has 0 saturated heterocycles. The van der Waals surface area contributed by atoms with Gasteiger partial charge in [0, 0.05) is 25.1 Å². The van der Waals surface area contributed by atoms with Gasteiger partial charge in [0.25, 0.3) is 0 Å². The molecule has 0 unspecified atom stereocenters. The molecule has 8 nitrogen and oxygen atoms in total. The molecule has 0 aromatic heterocycles. The van der Waals surface area contributed by atoms with Crippen molar-refractivity contribution in [2.24, 2.45) is 0 Å². The Bertz CT molecular complexity index is 978. The van der Waals surface area contributed by atoms with Crippen LogP contribution in [-0.2, 0) is 30.5 Å². The van der Waals surface area contributed by atoms with Crippen LogP contribution >= 0.6 is 0 Å². The van der Waals surface area contributed by atoms with Crippen molar-refractivity contribution in [3.8, 4) is 0 Å². The maximum absolute atomic E-state index is 13.2. The number of aryl methyl sites for hydroxylation is 1. The summed E-state index contributed by atoms with van der Waals surface area (Å²) in [4.78, 5) is 49.8. The molecule has 0 fully saturated rings. The van der Waals surface area contributed by atoms with Crippen molar-refractivity contribution < 1.29 is 28.3 Å². The Labute approximate surface area is 192 Å². The van der Waals surface area contributed by atoms with Crippen molar-refractivity contribution in [1.29, 1.82) is 0 Å². The zero-order valence-corrected chi connectivity index (χ0v) is 18.7. The summed E-state index contributed by atoms with van der Waals surface area (Å²) in [7, 11) is 1.27. The van der Waals surface area contributed by atoms with Crippen LogP contribution in [0.1, 0.15) is 30.4 Å². The molecule has 176 valence electrons. The first-order valence-electron chi connectivity index (χ1n) is 10.5. The summed E-state index contributed by atoms with van der Waals surface area (Å²) in [6.45, 7) is 1.44. The molecule has 0 spiro atoms. The fourth-order valence-electron chi connectivity index (χ4n) is 3.02. The lowest BCUT2D eigenvalue weighted by Crippen LogP contribution is -2.42. The number of anilines is 1. The summed E-state index contributed by atoms with van der Waals surface area (Å²) in [5.74, 6) is -2.10. The van der Waals surface area contributed by atoms with Crippen LogP contribution < -0.4 is 10.6 Å².